The van der Waals surface area contributed by atoms with Gasteiger partial charge in [0.25, 0.3) is 0 Å². The van der Waals surface area contributed by atoms with Crippen molar-refractivity contribution < 1.29 is 0 Å². The predicted molar refractivity (Wildman–Crippen MR) is 276 cm³/mol. The highest BCUT2D eigenvalue weighted by atomic mass is 15.1. The fourth-order valence-corrected chi connectivity index (χ4v) is 12.7. The predicted octanol–water partition coefficient (Wildman–Crippen LogP) is 17.6. The maximum atomic E-state index is 2.50. The molecule has 2 heteroatoms. The highest BCUT2D eigenvalue weighted by Gasteiger charge is 2.46. The van der Waals surface area contributed by atoms with Gasteiger partial charge in [-0.3, -0.25) is 0 Å². The summed E-state index contributed by atoms with van der Waals surface area (Å²) in [6.45, 7) is 0. The number of para-hydroxylation sites is 2. The minimum Gasteiger partial charge on any atom is -0.310 e. The minimum absolute atomic E-state index is 0.125. The third kappa shape index (κ3) is 6.15. The fraction of sp³-hybridized carbons (Fsp3) is 0.156. The van der Waals surface area contributed by atoms with Gasteiger partial charge in [-0.15, -0.1) is 0 Å². The van der Waals surface area contributed by atoms with Gasteiger partial charge < -0.3 is 9.80 Å². The lowest BCUT2D eigenvalue weighted by Gasteiger charge is -2.30. The van der Waals surface area contributed by atoms with Crippen LogP contribution in [0.15, 0.2) is 218 Å². The summed E-state index contributed by atoms with van der Waals surface area (Å²) in [4.78, 5) is 4.85. The molecule has 9 aromatic rings. The Morgan fingerprint density at radius 3 is 0.909 bits per heavy atom. The first kappa shape index (κ1) is 39.0. The largest absolute Gasteiger partial charge is 0.310 e. The summed E-state index contributed by atoms with van der Waals surface area (Å²) in [6.07, 6.45) is 10.1. The molecule has 0 amide bonds. The van der Waals surface area contributed by atoms with Gasteiger partial charge >= 0.3 is 0 Å². The second-order valence-electron chi connectivity index (χ2n) is 19.1. The molecule has 9 aromatic carbocycles. The molecular formula is C64H52N2. The van der Waals surface area contributed by atoms with Crippen LogP contribution in [-0.2, 0) is 10.8 Å². The van der Waals surface area contributed by atoms with Gasteiger partial charge in [-0.2, -0.15) is 0 Å². The Balaban J connectivity index is 0.785. The molecule has 0 aliphatic heterocycles. The summed E-state index contributed by atoms with van der Waals surface area (Å²) in [6, 6.07) is 81.7. The molecule has 0 heterocycles. The molecule has 0 aromatic heterocycles. The number of fused-ring (bicyclic) bond motifs is 10. The zero-order valence-corrected chi connectivity index (χ0v) is 37.3. The van der Waals surface area contributed by atoms with Gasteiger partial charge in [0.2, 0.25) is 0 Å². The maximum Gasteiger partial charge on any atom is 0.0465 e. The lowest BCUT2D eigenvalue weighted by atomic mass is 9.76. The average molecular weight is 849 g/mol. The van der Waals surface area contributed by atoms with E-state index < -0.39 is 0 Å². The van der Waals surface area contributed by atoms with E-state index in [2.05, 4.69) is 228 Å². The summed E-state index contributed by atoms with van der Waals surface area (Å²) in [7, 11) is 0. The van der Waals surface area contributed by atoms with Gasteiger partial charge in [0.15, 0.2) is 0 Å². The van der Waals surface area contributed by atoms with Crippen LogP contribution in [-0.4, -0.2) is 0 Å². The average Bonchev–Trinajstić information content (AvgIpc) is 4.20. The molecule has 0 N–H and O–H groups in total. The number of hydrogen-bond donors (Lipinski definition) is 0. The third-order valence-electron chi connectivity index (χ3n) is 15.8. The fourth-order valence-electron chi connectivity index (χ4n) is 12.7. The van der Waals surface area contributed by atoms with Crippen LogP contribution in [0.2, 0.25) is 0 Å². The molecule has 4 aliphatic rings. The zero-order chi connectivity index (χ0) is 43.7. The Morgan fingerprint density at radius 1 is 0.242 bits per heavy atom. The Kier molecular flexibility index (Phi) is 9.24. The standard InChI is InChI=1S/C64H52N2/c1-3-15-49(16-4-1)65(53-35-37-57-55-19-7-9-21-59(55)63(61(57)43-53)39-11-12-40-63)51-31-27-47(28-32-51)45-23-25-46(26-24-45)48-29-33-52(34-30-48)66(50-17-5-2-6-18-50)54-36-38-58-56-20-8-10-22-60(56)64(62(58)44-54)41-13-14-42-64/h1-10,15-38,43-44H,11-14,39-42H2. The quantitative estimate of drug-likeness (QED) is 0.150. The van der Waals surface area contributed by atoms with Gasteiger partial charge in [0.1, 0.15) is 0 Å². The Hall–Kier alpha value is -7.42. The van der Waals surface area contributed by atoms with Crippen LogP contribution >= 0.6 is 0 Å². The summed E-state index contributed by atoms with van der Waals surface area (Å²) < 4.78 is 0. The molecule has 66 heavy (non-hydrogen) atoms. The van der Waals surface area contributed by atoms with E-state index in [1.807, 2.05) is 0 Å². The third-order valence-corrected chi connectivity index (χ3v) is 15.8. The lowest BCUT2D eigenvalue weighted by Crippen LogP contribution is -2.21. The first-order valence-electron chi connectivity index (χ1n) is 24.2. The molecule has 318 valence electrons. The minimum atomic E-state index is 0.125. The monoisotopic (exact) mass is 848 g/mol. The van der Waals surface area contributed by atoms with E-state index in [-0.39, 0.29) is 10.8 Å². The second-order valence-corrected chi connectivity index (χ2v) is 19.1. The van der Waals surface area contributed by atoms with Gasteiger partial charge in [0.05, 0.1) is 0 Å². The molecule has 0 radical (unpaired) electrons. The molecule has 0 atom stereocenters. The topological polar surface area (TPSA) is 6.48 Å². The Morgan fingerprint density at radius 2 is 0.530 bits per heavy atom. The molecule has 2 fully saturated rings. The summed E-state index contributed by atoms with van der Waals surface area (Å²) >= 11 is 0. The number of rotatable bonds is 8. The van der Waals surface area contributed by atoms with Crippen molar-refractivity contribution in [3.05, 3.63) is 241 Å². The van der Waals surface area contributed by atoms with Crippen molar-refractivity contribution in [2.75, 3.05) is 9.80 Å². The van der Waals surface area contributed by atoms with E-state index in [0.29, 0.717) is 0 Å². The first-order chi connectivity index (χ1) is 32.7. The van der Waals surface area contributed by atoms with Crippen LogP contribution in [0.3, 0.4) is 0 Å². The van der Waals surface area contributed by atoms with Gasteiger partial charge in [0, 0.05) is 45.0 Å². The van der Waals surface area contributed by atoms with Crippen molar-refractivity contribution in [1.29, 1.82) is 0 Å². The van der Waals surface area contributed by atoms with Crippen LogP contribution < -0.4 is 9.80 Å². The van der Waals surface area contributed by atoms with Crippen LogP contribution in [0.5, 0.6) is 0 Å². The molecule has 0 saturated heterocycles. The van der Waals surface area contributed by atoms with E-state index in [0.717, 1.165) is 11.4 Å². The van der Waals surface area contributed by atoms with Crippen LogP contribution in [0, 0.1) is 0 Å². The zero-order valence-electron chi connectivity index (χ0n) is 37.3. The molecule has 2 saturated carbocycles. The van der Waals surface area contributed by atoms with Crippen LogP contribution in [0.4, 0.5) is 34.1 Å². The van der Waals surface area contributed by atoms with E-state index >= 15 is 0 Å². The van der Waals surface area contributed by atoms with E-state index in [9.17, 15) is 0 Å². The molecule has 4 aliphatic carbocycles. The highest BCUT2D eigenvalue weighted by Crippen LogP contribution is 2.59. The first-order valence-corrected chi connectivity index (χ1v) is 24.2. The molecule has 13 rings (SSSR count). The SMILES string of the molecule is c1ccc(N(c2ccc(-c3ccc(-c4ccc(N(c5ccccc5)c5ccc6c(c5)C5(CCCC5)c5ccccc5-6)cc4)cc3)cc2)c2ccc3c(c2)C2(CCCC2)c2ccccc2-3)cc1. The van der Waals surface area contributed by atoms with Crippen molar-refractivity contribution in [3.8, 4) is 44.5 Å². The smallest absolute Gasteiger partial charge is 0.0465 e. The Bertz CT molecular complexity index is 3010. The molecule has 2 spiro atoms. The highest BCUT2D eigenvalue weighted by molar-refractivity contribution is 5.88. The van der Waals surface area contributed by atoms with Crippen molar-refractivity contribution in [1.82, 2.24) is 0 Å². The number of hydrogen-bond acceptors (Lipinski definition) is 2. The van der Waals surface area contributed by atoms with Crippen molar-refractivity contribution in [2.24, 2.45) is 0 Å². The van der Waals surface area contributed by atoms with Crippen molar-refractivity contribution in [2.45, 2.75) is 62.2 Å². The van der Waals surface area contributed by atoms with E-state index in [1.54, 1.807) is 0 Å². The van der Waals surface area contributed by atoms with Gasteiger partial charge in [-0.05, 0) is 165 Å². The second kappa shape index (κ2) is 15.6. The normalized spacial score (nSPS) is 15.6. The molecule has 0 unspecified atom stereocenters. The van der Waals surface area contributed by atoms with E-state index in [1.165, 1.54) is 141 Å². The maximum absolute atomic E-state index is 2.50. The van der Waals surface area contributed by atoms with E-state index in [4.69, 9.17) is 0 Å². The summed E-state index contributed by atoms with van der Waals surface area (Å²) in [5.41, 5.74) is 23.9. The summed E-state index contributed by atoms with van der Waals surface area (Å²) in [5, 5.41) is 0. The van der Waals surface area contributed by atoms with Crippen molar-refractivity contribution >= 4 is 34.1 Å². The summed E-state index contributed by atoms with van der Waals surface area (Å²) in [5.74, 6) is 0. The number of anilines is 6. The molecule has 2 nitrogen and oxygen atoms in total. The van der Waals surface area contributed by atoms with Gasteiger partial charge in [-0.1, -0.05) is 171 Å². The van der Waals surface area contributed by atoms with Crippen molar-refractivity contribution in [3.63, 3.8) is 0 Å². The van der Waals surface area contributed by atoms with Crippen LogP contribution in [0.25, 0.3) is 44.5 Å². The van der Waals surface area contributed by atoms with Crippen LogP contribution in [0.1, 0.15) is 73.6 Å². The number of benzene rings is 9. The molecular weight excluding hydrogens is 797 g/mol. The van der Waals surface area contributed by atoms with Gasteiger partial charge in [-0.25, -0.2) is 0 Å². The molecule has 0 bridgehead atoms. The lowest BCUT2D eigenvalue weighted by molar-refractivity contribution is 0.550. The Labute approximate surface area is 389 Å². The number of nitrogens with zero attached hydrogens (tertiary/aromatic N) is 2.